The van der Waals surface area contributed by atoms with Crippen LogP contribution in [0.25, 0.3) is 0 Å². The van der Waals surface area contributed by atoms with E-state index in [-0.39, 0.29) is 5.91 Å². The van der Waals surface area contributed by atoms with Crippen molar-refractivity contribution >= 4 is 5.91 Å². The minimum Gasteiger partial charge on any atom is -0.369 e. The summed E-state index contributed by atoms with van der Waals surface area (Å²) in [6.07, 6.45) is 3.14. The Morgan fingerprint density at radius 3 is 2.71 bits per heavy atom. The monoisotopic (exact) mass is 197 g/mol. The van der Waals surface area contributed by atoms with Gasteiger partial charge in [0.1, 0.15) is 5.60 Å². The molecule has 0 unspecified atom stereocenters. The molecule has 0 aromatic carbocycles. The standard InChI is InChI=1S/C11H19NO2/c1-9-6-5-7-12(8-9)10(13)11(2,3)14-4/h6H,5,7-8H2,1-4H3. The third kappa shape index (κ3) is 2.35. The molecule has 0 saturated carbocycles. The molecule has 0 spiro atoms. The second kappa shape index (κ2) is 4.13. The minimum absolute atomic E-state index is 0.0763. The van der Waals surface area contributed by atoms with E-state index in [0.29, 0.717) is 0 Å². The van der Waals surface area contributed by atoms with Crippen LogP contribution >= 0.6 is 0 Å². The average Bonchev–Trinajstić information content (AvgIpc) is 2.16. The number of carbonyl (C=O) groups is 1. The Morgan fingerprint density at radius 2 is 2.21 bits per heavy atom. The van der Waals surface area contributed by atoms with Gasteiger partial charge in [0.2, 0.25) is 0 Å². The van der Waals surface area contributed by atoms with Gasteiger partial charge < -0.3 is 9.64 Å². The number of nitrogens with zero attached hydrogens (tertiary/aromatic N) is 1. The van der Waals surface area contributed by atoms with Gasteiger partial charge in [0.25, 0.3) is 5.91 Å². The Kier molecular flexibility index (Phi) is 3.32. The maximum atomic E-state index is 12.0. The van der Waals surface area contributed by atoms with E-state index in [0.717, 1.165) is 19.5 Å². The fraction of sp³-hybridized carbons (Fsp3) is 0.727. The molecular weight excluding hydrogens is 178 g/mol. The molecule has 0 radical (unpaired) electrons. The lowest BCUT2D eigenvalue weighted by atomic mass is 10.0. The first-order valence-electron chi connectivity index (χ1n) is 4.97. The molecule has 0 aromatic rings. The van der Waals surface area contributed by atoms with Crippen molar-refractivity contribution in [2.45, 2.75) is 32.8 Å². The summed E-state index contributed by atoms with van der Waals surface area (Å²) < 4.78 is 5.18. The first kappa shape index (κ1) is 11.2. The molecule has 3 heteroatoms. The van der Waals surface area contributed by atoms with Gasteiger partial charge in [-0.25, -0.2) is 0 Å². The molecule has 1 aliphatic rings. The predicted octanol–water partition coefficient (Wildman–Crippen LogP) is 1.59. The first-order valence-corrected chi connectivity index (χ1v) is 4.97. The van der Waals surface area contributed by atoms with Crippen LogP contribution in [0.2, 0.25) is 0 Å². The maximum absolute atomic E-state index is 12.0. The molecule has 0 aliphatic carbocycles. The van der Waals surface area contributed by atoms with Crippen LogP contribution in [-0.2, 0) is 9.53 Å². The average molecular weight is 197 g/mol. The summed E-state index contributed by atoms with van der Waals surface area (Å²) >= 11 is 0. The summed E-state index contributed by atoms with van der Waals surface area (Å²) in [4.78, 5) is 13.8. The third-order valence-corrected chi connectivity index (χ3v) is 2.64. The van der Waals surface area contributed by atoms with Gasteiger partial charge in [-0.15, -0.1) is 0 Å². The van der Waals surface area contributed by atoms with Gasteiger partial charge in [0, 0.05) is 20.2 Å². The van der Waals surface area contributed by atoms with Crippen LogP contribution in [0.15, 0.2) is 11.6 Å². The molecule has 14 heavy (non-hydrogen) atoms. The summed E-state index contributed by atoms with van der Waals surface area (Å²) in [5.74, 6) is 0.0763. The number of carbonyl (C=O) groups excluding carboxylic acids is 1. The molecular formula is C11H19NO2. The van der Waals surface area contributed by atoms with Gasteiger partial charge in [0.05, 0.1) is 0 Å². The Labute approximate surface area is 85.7 Å². The van der Waals surface area contributed by atoms with Gasteiger partial charge in [-0.05, 0) is 27.2 Å². The second-order valence-corrected chi connectivity index (χ2v) is 4.28. The highest BCUT2D eigenvalue weighted by Gasteiger charge is 2.32. The largest absolute Gasteiger partial charge is 0.369 e. The van der Waals surface area contributed by atoms with E-state index in [4.69, 9.17) is 4.74 Å². The van der Waals surface area contributed by atoms with E-state index in [9.17, 15) is 4.79 Å². The van der Waals surface area contributed by atoms with Crippen LogP contribution in [-0.4, -0.2) is 36.6 Å². The summed E-state index contributed by atoms with van der Waals surface area (Å²) in [6, 6.07) is 0. The number of hydrogen-bond donors (Lipinski definition) is 0. The highest BCUT2D eigenvalue weighted by Crippen LogP contribution is 2.16. The van der Waals surface area contributed by atoms with Crippen molar-refractivity contribution in [3.8, 4) is 0 Å². The smallest absolute Gasteiger partial charge is 0.254 e. The fourth-order valence-corrected chi connectivity index (χ4v) is 1.55. The number of rotatable bonds is 2. The van der Waals surface area contributed by atoms with Crippen molar-refractivity contribution in [3.63, 3.8) is 0 Å². The van der Waals surface area contributed by atoms with Crippen LogP contribution in [0.4, 0.5) is 0 Å². The molecule has 1 heterocycles. The lowest BCUT2D eigenvalue weighted by Gasteiger charge is -2.33. The lowest BCUT2D eigenvalue weighted by Crippen LogP contribution is -2.48. The zero-order valence-electron chi connectivity index (χ0n) is 9.46. The van der Waals surface area contributed by atoms with E-state index in [1.54, 1.807) is 7.11 Å². The quantitative estimate of drug-likeness (QED) is 0.629. The molecule has 0 fully saturated rings. The van der Waals surface area contributed by atoms with Gasteiger partial charge in [0.15, 0.2) is 0 Å². The Morgan fingerprint density at radius 1 is 1.57 bits per heavy atom. The van der Waals surface area contributed by atoms with Gasteiger partial charge in [-0.2, -0.15) is 0 Å². The molecule has 1 aliphatic heterocycles. The normalized spacial score (nSPS) is 18.0. The summed E-state index contributed by atoms with van der Waals surface area (Å²) in [7, 11) is 1.57. The lowest BCUT2D eigenvalue weighted by molar-refractivity contribution is -0.150. The molecule has 0 aromatic heterocycles. The highest BCUT2D eigenvalue weighted by molar-refractivity contribution is 5.84. The molecule has 1 amide bonds. The number of hydrogen-bond acceptors (Lipinski definition) is 2. The first-order chi connectivity index (χ1) is 6.47. The van der Waals surface area contributed by atoms with Gasteiger partial charge in [-0.1, -0.05) is 11.6 Å². The summed E-state index contributed by atoms with van der Waals surface area (Å²) in [5.41, 5.74) is 0.564. The Balaban J connectivity index is 2.67. The highest BCUT2D eigenvalue weighted by atomic mass is 16.5. The van der Waals surface area contributed by atoms with Crippen molar-refractivity contribution in [2.75, 3.05) is 20.2 Å². The zero-order valence-corrected chi connectivity index (χ0v) is 9.46. The Bertz CT molecular complexity index is 256. The van der Waals surface area contributed by atoms with Gasteiger partial charge in [-0.3, -0.25) is 4.79 Å². The SMILES string of the molecule is COC(C)(C)C(=O)N1CCC=C(C)C1. The van der Waals surface area contributed by atoms with Crippen molar-refractivity contribution in [2.24, 2.45) is 0 Å². The maximum Gasteiger partial charge on any atom is 0.254 e. The predicted molar refractivity (Wildman–Crippen MR) is 56.0 cm³/mol. The van der Waals surface area contributed by atoms with E-state index in [1.807, 2.05) is 18.7 Å². The zero-order chi connectivity index (χ0) is 10.8. The van der Waals surface area contributed by atoms with Crippen LogP contribution < -0.4 is 0 Å². The molecule has 3 nitrogen and oxygen atoms in total. The summed E-state index contributed by atoms with van der Waals surface area (Å²) in [5, 5.41) is 0. The molecule has 1 rings (SSSR count). The topological polar surface area (TPSA) is 29.5 Å². The van der Waals surface area contributed by atoms with Crippen molar-refractivity contribution in [3.05, 3.63) is 11.6 Å². The van der Waals surface area contributed by atoms with E-state index >= 15 is 0 Å². The summed E-state index contributed by atoms with van der Waals surface area (Å²) in [6.45, 7) is 7.22. The van der Waals surface area contributed by atoms with Crippen LogP contribution in [0.1, 0.15) is 27.2 Å². The fourth-order valence-electron chi connectivity index (χ4n) is 1.55. The molecule has 0 saturated heterocycles. The molecule has 80 valence electrons. The Hall–Kier alpha value is -0.830. The van der Waals surface area contributed by atoms with E-state index in [1.165, 1.54) is 5.57 Å². The number of ether oxygens (including phenoxy) is 1. The molecule has 0 bridgehead atoms. The molecule has 0 atom stereocenters. The van der Waals surface area contributed by atoms with Crippen LogP contribution in [0.5, 0.6) is 0 Å². The van der Waals surface area contributed by atoms with E-state index in [2.05, 4.69) is 13.0 Å². The minimum atomic E-state index is -0.697. The van der Waals surface area contributed by atoms with Crippen molar-refractivity contribution in [1.29, 1.82) is 0 Å². The van der Waals surface area contributed by atoms with Crippen LogP contribution in [0.3, 0.4) is 0 Å². The van der Waals surface area contributed by atoms with Crippen LogP contribution in [0, 0.1) is 0 Å². The molecule has 0 N–H and O–H groups in total. The third-order valence-electron chi connectivity index (χ3n) is 2.64. The van der Waals surface area contributed by atoms with Gasteiger partial charge >= 0.3 is 0 Å². The van der Waals surface area contributed by atoms with E-state index < -0.39 is 5.60 Å². The number of methoxy groups -OCH3 is 1. The van der Waals surface area contributed by atoms with Crippen molar-refractivity contribution in [1.82, 2.24) is 4.90 Å². The number of amides is 1. The van der Waals surface area contributed by atoms with Crippen molar-refractivity contribution < 1.29 is 9.53 Å². The second-order valence-electron chi connectivity index (χ2n) is 4.28.